The van der Waals surface area contributed by atoms with Crippen LogP contribution >= 0.6 is 24.0 Å². The number of halogens is 1. The smallest absolute Gasteiger partial charge is 0.269 e. The molecule has 0 aromatic heterocycles. The lowest BCUT2D eigenvalue weighted by Gasteiger charge is -2.34. The summed E-state index contributed by atoms with van der Waals surface area (Å²) in [6, 6.07) is 6.79. The van der Waals surface area contributed by atoms with Gasteiger partial charge >= 0.3 is 0 Å². The second-order valence-electron chi connectivity index (χ2n) is 6.75. The number of nitro benzene ring substituents is 1. The van der Waals surface area contributed by atoms with E-state index in [1.54, 1.807) is 19.2 Å². The molecule has 2 N–H and O–H groups in total. The standard InChI is InChI=1S/C18H27N5O3.HI/c1-13(2)17(24)22-9-7-15(8-10-22)21-18(19-3)20-12-14-5-4-6-16(11-14)23(25)26;/h4-6,11,13,15H,7-10,12H2,1-3H3,(H2,19,20,21);1H. The van der Waals surface area contributed by atoms with Crippen LogP contribution in [0.15, 0.2) is 29.3 Å². The number of guanidine groups is 1. The van der Waals surface area contributed by atoms with Crippen LogP contribution in [0, 0.1) is 16.0 Å². The van der Waals surface area contributed by atoms with Gasteiger partial charge in [-0.05, 0) is 18.4 Å². The van der Waals surface area contributed by atoms with Gasteiger partial charge in [0.05, 0.1) is 4.92 Å². The van der Waals surface area contributed by atoms with E-state index in [9.17, 15) is 14.9 Å². The first kappa shape index (κ1) is 23.1. The van der Waals surface area contributed by atoms with E-state index in [1.165, 1.54) is 6.07 Å². The highest BCUT2D eigenvalue weighted by Gasteiger charge is 2.24. The summed E-state index contributed by atoms with van der Waals surface area (Å²) in [5.41, 5.74) is 0.897. The molecule has 1 aliphatic rings. The van der Waals surface area contributed by atoms with Gasteiger partial charge in [-0.15, -0.1) is 24.0 Å². The molecule has 0 aliphatic carbocycles. The summed E-state index contributed by atoms with van der Waals surface area (Å²) >= 11 is 0. The van der Waals surface area contributed by atoms with E-state index in [0.717, 1.165) is 31.5 Å². The molecular formula is C18H28IN5O3. The van der Waals surface area contributed by atoms with Gasteiger partial charge in [-0.2, -0.15) is 0 Å². The Morgan fingerprint density at radius 2 is 2.04 bits per heavy atom. The minimum Gasteiger partial charge on any atom is -0.354 e. The number of hydrogen-bond donors (Lipinski definition) is 2. The highest BCUT2D eigenvalue weighted by atomic mass is 127. The molecule has 9 heteroatoms. The minimum atomic E-state index is -0.400. The van der Waals surface area contributed by atoms with E-state index < -0.39 is 4.92 Å². The van der Waals surface area contributed by atoms with Crippen LogP contribution in [0.1, 0.15) is 32.3 Å². The predicted molar refractivity (Wildman–Crippen MR) is 116 cm³/mol. The van der Waals surface area contributed by atoms with Gasteiger partial charge in [-0.25, -0.2) is 0 Å². The third-order valence-electron chi connectivity index (χ3n) is 4.45. The summed E-state index contributed by atoms with van der Waals surface area (Å²) in [7, 11) is 1.69. The molecule has 0 bridgehead atoms. The number of nitro groups is 1. The van der Waals surface area contributed by atoms with Crippen LogP contribution in [0.5, 0.6) is 0 Å². The first-order valence-corrected chi connectivity index (χ1v) is 8.90. The van der Waals surface area contributed by atoms with Gasteiger partial charge in [0.2, 0.25) is 5.91 Å². The molecular weight excluding hydrogens is 461 g/mol. The number of amides is 1. The molecule has 1 aromatic carbocycles. The molecule has 0 spiro atoms. The Hall–Kier alpha value is -1.91. The Kier molecular flexibility index (Phi) is 9.47. The van der Waals surface area contributed by atoms with Crippen molar-refractivity contribution >= 4 is 41.5 Å². The third kappa shape index (κ3) is 6.96. The maximum absolute atomic E-state index is 12.0. The van der Waals surface area contributed by atoms with Crippen molar-refractivity contribution in [3.8, 4) is 0 Å². The molecule has 27 heavy (non-hydrogen) atoms. The molecule has 1 aromatic rings. The van der Waals surface area contributed by atoms with E-state index in [0.29, 0.717) is 12.5 Å². The Balaban J connectivity index is 0.00000364. The van der Waals surface area contributed by atoms with Crippen LogP contribution in [-0.4, -0.2) is 47.9 Å². The fourth-order valence-electron chi connectivity index (χ4n) is 2.96. The maximum atomic E-state index is 12.0. The molecule has 1 fully saturated rings. The van der Waals surface area contributed by atoms with Crippen molar-refractivity contribution < 1.29 is 9.72 Å². The summed E-state index contributed by atoms with van der Waals surface area (Å²) < 4.78 is 0. The largest absolute Gasteiger partial charge is 0.354 e. The topological polar surface area (TPSA) is 99.9 Å². The number of nitrogens with one attached hydrogen (secondary N) is 2. The molecule has 0 saturated carbocycles. The first-order valence-electron chi connectivity index (χ1n) is 8.90. The minimum absolute atomic E-state index is 0. The number of aliphatic imine (C=N–C) groups is 1. The van der Waals surface area contributed by atoms with Crippen LogP contribution in [-0.2, 0) is 11.3 Å². The zero-order valence-electron chi connectivity index (χ0n) is 16.0. The lowest BCUT2D eigenvalue weighted by atomic mass is 10.0. The van der Waals surface area contributed by atoms with E-state index in [4.69, 9.17) is 0 Å². The van der Waals surface area contributed by atoms with Gasteiger partial charge in [-0.1, -0.05) is 26.0 Å². The van der Waals surface area contributed by atoms with Gasteiger partial charge in [0, 0.05) is 50.8 Å². The van der Waals surface area contributed by atoms with Crippen molar-refractivity contribution in [2.45, 2.75) is 39.3 Å². The number of carbonyl (C=O) groups excluding carboxylic acids is 1. The van der Waals surface area contributed by atoms with Gasteiger partial charge in [0.1, 0.15) is 0 Å². The maximum Gasteiger partial charge on any atom is 0.269 e. The van der Waals surface area contributed by atoms with Gasteiger partial charge in [-0.3, -0.25) is 19.9 Å². The second kappa shape index (κ2) is 11.1. The molecule has 1 amide bonds. The molecule has 0 unspecified atom stereocenters. The highest BCUT2D eigenvalue weighted by Crippen LogP contribution is 2.14. The summed E-state index contributed by atoms with van der Waals surface area (Å²) in [5.74, 6) is 0.894. The number of carbonyl (C=O) groups is 1. The molecule has 8 nitrogen and oxygen atoms in total. The molecule has 1 saturated heterocycles. The summed E-state index contributed by atoms with van der Waals surface area (Å²) in [4.78, 5) is 28.6. The number of hydrogen-bond acceptors (Lipinski definition) is 4. The molecule has 2 rings (SSSR count). The SMILES string of the molecule is CN=C(NCc1cccc([N+](=O)[O-])c1)NC1CCN(C(=O)C(C)C)CC1.I. The van der Waals surface area contributed by atoms with Gasteiger partial charge in [0.25, 0.3) is 5.69 Å². The molecule has 0 radical (unpaired) electrons. The molecule has 1 aliphatic heterocycles. The van der Waals surface area contributed by atoms with Crippen molar-refractivity contribution in [3.05, 3.63) is 39.9 Å². The van der Waals surface area contributed by atoms with E-state index in [2.05, 4.69) is 15.6 Å². The summed E-state index contributed by atoms with van der Waals surface area (Å²) in [5, 5.41) is 17.4. The lowest BCUT2D eigenvalue weighted by molar-refractivity contribution is -0.384. The van der Waals surface area contributed by atoms with Gasteiger partial charge in [0.15, 0.2) is 5.96 Å². The van der Waals surface area contributed by atoms with Crippen molar-refractivity contribution in [3.63, 3.8) is 0 Å². The normalized spacial score (nSPS) is 15.3. The highest BCUT2D eigenvalue weighted by molar-refractivity contribution is 14.0. The number of non-ortho nitro benzene ring substituents is 1. The van der Waals surface area contributed by atoms with Crippen LogP contribution in [0.2, 0.25) is 0 Å². The Labute approximate surface area is 177 Å². The van der Waals surface area contributed by atoms with Crippen molar-refractivity contribution in [1.29, 1.82) is 0 Å². The average Bonchev–Trinajstić information content (AvgIpc) is 2.65. The van der Waals surface area contributed by atoms with Crippen LogP contribution in [0.3, 0.4) is 0 Å². The van der Waals surface area contributed by atoms with E-state index >= 15 is 0 Å². The zero-order chi connectivity index (χ0) is 19.1. The predicted octanol–water partition coefficient (Wildman–Crippen LogP) is 2.52. The first-order chi connectivity index (χ1) is 12.4. The lowest BCUT2D eigenvalue weighted by Crippen LogP contribution is -2.50. The van der Waals surface area contributed by atoms with Crippen LogP contribution in [0.4, 0.5) is 5.69 Å². The monoisotopic (exact) mass is 489 g/mol. The van der Waals surface area contributed by atoms with E-state index in [1.807, 2.05) is 24.8 Å². The second-order valence-corrected chi connectivity index (χ2v) is 6.75. The number of piperidine rings is 1. The summed E-state index contributed by atoms with van der Waals surface area (Å²) in [6.07, 6.45) is 1.74. The zero-order valence-corrected chi connectivity index (χ0v) is 18.3. The van der Waals surface area contributed by atoms with Crippen LogP contribution < -0.4 is 10.6 Å². The average molecular weight is 489 g/mol. The van der Waals surface area contributed by atoms with Crippen molar-refractivity contribution in [2.24, 2.45) is 10.9 Å². The Morgan fingerprint density at radius 1 is 1.37 bits per heavy atom. The van der Waals surface area contributed by atoms with Gasteiger partial charge < -0.3 is 15.5 Å². The third-order valence-corrected chi connectivity index (χ3v) is 4.45. The molecule has 1 heterocycles. The molecule has 0 atom stereocenters. The number of benzene rings is 1. The van der Waals surface area contributed by atoms with Crippen molar-refractivity contribution in [2.75, 3.05) is 20.1 Å². The number of rotatable bonds is 5. The molecule has 150 valence electrons. The Morgan fingerprint density at radius 3 is 2.59 bits per heavy atom. The summed E-state index contributed by atoms with van der Waals surface area (Å²) in [6.45, 7) is 5.79. The number of likely N-dealkylation sites (tertiary alicyclic amines) is 1. The fraction of sp³-hybridized carbons (Fsp3) is 0.556. The van der Waals surface area contributed by atoms with Crippen molar-refractivity contribution in [1.82, 2.24) is 15.5 Å². The quantitative estimate of drug-likeness (QED) is 0.218. The Bertz CT molecular complexity index is 673. The van der Waals surface area contributed by atoms with E-state index in [-0.39, 0.29) is 47.5 Å². The van der Waals surface area contributed by atoms with Crippen LogP contribution in [0.25, 0.3) is 0 Å². The fourth-order valence-corrected chi connectivity index (χ4v) is 2.96. The number of nitrogens with zero attached hydrogens (tertiary/aromatic N) is 3.